The molecule has 22 heavy (non-hydrogen) atoms. The van der Waals surface area contributed by atoms with Gasteiger partial charge in [0.1, 0.15) is 0 Å². The highest BCUT2D eigenvalue weighted by Crippen LogP contribution is 2.20. The van der Waals surface area contributed by atoms with Crippen molar-refractivity contribution in [2.45, 2.75) is 4.90 Å². The molecule has 0 radical (unpaired) electrons. The van der Waals surface area contributed by atoms with Crippen LogP contribution in [0.3, 0.4) is 0 Å². The van der Waals surface area contributed by atoms with Gasteiger partial charge in [-0.05, 0) is 24.3 Å². The molecule has 2 rings (SSSR count). The minimum Gasteiger partial charge on any atom is -0.463 e. The average molecular weight is 319 g/mol. The van der Waals surface area contributed by atoms with Crippen molar-refractivity contribution in [3.05, 3.63) is 60.2 Å². The summed E-state index contributed by atoms with van der Waals surface area (Å²) in [6, 6.07) is 13.5. The molecule has 6 nitrogen and oxygen atoms in total. The summed E-state index contributed by atoms with van der Waals surface area (Å²) >= 11 is 0. The number of hydrogen-bond acceptors (Lipinski definition) is 5. The molecule has 0 aliphatic carbocycles. The minimum absolute atomic E-state index is 0.0155. The zero-order valence-corrected chi connectivity index (χ0v) is 12.5. The van der Waals surface area contributed by atoms with Crippen LogP contribution in [0.1, 0.15) is 10.4 Å². The average Bonchev–Trinajstić information content (AvgIpc) is 2.54. The number of hydrogen-bond donors (Lipinski definition) is 1. The fourth-order valence-corrected chi connectivity index (χ4v) is 2.88. The highest BCUT2D eigenvalue weighted by Gasteiger charge is 2.22. The first-order valence-electron chi connectivity index (χ1n) is 6.25. The number of benzene rings is 2. The number of nitrogens with one attached hydrogen (secondary N) is 1. The second-order valence-electron chi connectivity index (χ2n) is 4.28. The third kappa shape index (κ3) is 3.32. The lowest BCUT2D eigenvalue weighted by Gasteiger charge is -2.11. The van der Waals surface area contributed by atoms with E-state index in [2.05, 4.69) is 9.46 Å². The molecule has 0 atom stereocenters. The van der Waals surface area contributed by atoms with Gasteiger partial charge in [-0.25, -0.2) is 13.2 Å². The van der Waals surface area contributed by atoms with E-state index in [1.807, 2.05) is 0 Å². The lowest BCUT2D eigenvalue weighted by atomic mass is 10.1. The van der Waals surface area contributed by atoms with E-state index in [0.29, 0.717) is 0 Å². The van der Waals surface area contributed by atoms with Gasteiger partial charge in [0.05, 0.1) is 23.3 Å². The molecule has 0 bridgehead atoms. The maximum absolute atomic E-state index is 12.3. The Kier molecular flexibility index (Phi) is 4.57. The smallest absolute Gasteiger partial charge is 0.379 e. The summed E-state index contributed by atoms with van der Waals surface area (Å²) in [4.78, 5) is 23.3. The Bertz CT molecular complexity index is 800. The van der Waals surface area contributed by atoms with Crippen LogP contribution < -0.4 is 4.72 Å². The van der Waals surface area contributed by atoms with Gasteiger partial charge in [0.25, 0.3) is 15.8 Å². The fourth-order valence-electron chi connectivity index (χ4n) is 1.78. The molecule has 0 saturated heterocycles. The van der Waals surface area contributed by atoms with E-state index in [1.165, 1.54) is 30.3 Å². The SMILES string of the molecule is COC(=O)C(=O)c1ccccc1NS(=O)(=O)c1ccccc1. The number of esters is 1. The Hall–Kier alpha value is -2.67. The molecule has 2 aromatic carbocycles. The van der Waals surface area contributed by atoms with Crippen LogP contribution in [0.4, 0.5) is 5.69 Å². The molecule has 0 heterocycles. The second kappa shape index (κ2) is 6.40. The molecule has 114 valence electrons. The predicted molar refractivity (Wildman–Crippen MR) is 80.0 cm³/mol. The van der Waals surface area contributed by atoms with Crippen LogP contribution in [0.15, 0.2) is 59.5 Å². The zero-order valence-electron chi connectivity index (χ0n) is 11.6. The summed E-state index contributed by atoms with van der Waals surface area (Å²) in [5.74, 6) is -1.99. The molecule has 0 unspecified atom stereocenters. The summed E-state index contributed by atoms with van der Waals surface area (Å²) in [6.07, 6.45) is 0. The van der Waals surface area contributed by atoms with Gasteiger partial charge < -0.3 is 4.74 Å². The van der Waals surface area contributed by atoms with Crippen molar-refractivity contribution in [2.75, 3.05) is 11.8 Å². The largest absolute Gasteiger partial charge is 0.463 e. The standard InChI is InChI=1S/C15H13NO5S/c1-21-15(18)14(17)12-9-5-6-10-13(12)16-22(19,20)11-7-3-2-4-8-11/h2-10,16H,1H3. The first-order chi connectivity index (χ1) is 10.5. The molecular formula is C15H13NO5S. The Morgan fingerprint density at radius 1 is 0.955 bits per heavy atom. The van der Waals surface area contributed by atoms with Crippen molar-refractivity contribution in [3.63, 3.8) is 0 Å². The molecular weight excluding hydrogens is 306 g/mol. The van der Waals surface area contributed by atoms with E-state index in [1.54, 1.807) is 24.3 Å². The van der Waals surface area contributed by atoms with Crippen molar-refractivity contribution < 1.29 is 22.7 Å². The van der Waals surface area contributed by atoms with Gasteiger partial charge in [0.2, 0.25) is 0 Å². The Balaban J connectivity index is 2.39. The number of ketones is 1. The molecule has 0 aliphatic heterocycles. The Morgan fingerprint density at radius 2 is 1.55 bits per heavy atom. The molecule has 7 heteroatoms. The Labute approximate surface area is 127 Å². The minimum atomic E-state index is -3.86. The fraction of sp³-hybridized carbons (Fsp3) is 0.0667. The summed E-state index contributed by atoms with van der Waals surface area (Å²) in [5, 5.41) is 0. The molecule has 0 saturated carbocycles. The third-order valence-corrected chi connectivity index (χ3v) is 4.22. The summed E-state index contributed by atoms with van der Waals surface area (Å²) in [6.45, 7) is 0. The number of carbonyl (C=O) groups is 2. The monoisotopic (exact) mass is 319 g/mol. The molecule has 0 spiro atoms. The van der Waals surface area contributed by atoms with E-state index in [9.17, 15) is 18.0 Å². The zero-order chi connectivity index (χ0) is 16.2. The van der Waals surface area contributed by atoms with Crippen LogP contribution in [-0.4, -0.2) is 27.3 Å². The van der Waals surface area contributed by atoms with E-state index >= 15 is 0 Å². The normalized spacial score (nSPS) is 10.8. The van der Waals surface area contributed by atoms with Crippen LogP contribution >= 0.6 is 0 Å². The first kappa shape index (κ1) is 15.7. The van der Waals surface area contributed by atoms with Crippen molar-refractivity contribution in [3.8, 4) is 0 Å². The van der Waals surface area contributed by atoms with Gasteiger partial charge in [-0.15, -0.1) is 0 Å². The molecule has 0 fully saturated rings. The van der Waals surface area contributed by atoms with Crippen molar-refractivity contribution in [1.29, 1.82) is 0 Å². The van der Waals surface area contributed by atoms with Gasteiger partial charge in [-0.1, -0.05) is 30.3 Å². The number of rotatable bonds is 5. The number of sulfonamides is 1. The number of Topliss-reactive ketones (excluding diaryl/α,β-unsaturated/α-hetero) is 1. The van der Waals surface area contributed by atoms with E-state index in [4.69, 9.17) is 0 Å². The predicted octanol–water partition coefficient (Wildman–Crippen LogP) is 1.84. The molecule has 1 N–H and O–H groups in total. The first-order valence-corrected chi connectivity index (χ1v) is 7.73. The lowest BCUT2D eigenvalue weighted by molar-refractivity contribution is -0.135. The van der Waals surface area contributed by atoms with Crippen LogP contribution in [-0.2, 0) is 19.6 Å². The number of carbonyl (C=O) groups excluding carboxylic acids is 2. The van der Waals surface area contributed by atoms with Crippen LogP contribution in [0, 0.1) is 0 Å². The molecule has 0 amide bonds. The summed E-state index contributed by atoms with van der Waals surface area (Å²) in [5.41, 5.74) is -0.0596. The van der Waals surface area contributed by atoms with Gasteiger partial charge in [-0.2, -0.15) is 0 Å². The third-order valence-electron chi connectivity index (χ3n) is 2.84. The topological polar surface area (TPSA) is 89.5 Å². The van der Waals surface area contributed by atoms with Gasteiger partial charge in [-0.3, -0.25) is 9.52 Å². The van der Waals surface area contributed by atoms with Crippen LogP contribution in [0.5, 0.6) is 0 Å². The molecule has 2 aromatic rings. The van der Waals surface area contributed by atoms with Gasteiger partial charge in [0.15, 0.2) is 0 Å². The van der Waals surface area contributed by atoms with E-state index in [-0.39, 0.29) is 16.1 Å². The maximum atomic E-state index is 12.3. The Morgan fingerprint density at radius 3 is 2.18 bits per heavy atom. The molecule has 0 aromatic heterocycles. The lowest BCUT2D eigenvalue weighted by Crippen LogP contribution is -2.20. The number of methoxy groups -OCH3 is 1. The molecule has 0 aliphatic rings. The van der Waals surface area contributed by atoms with Crippen LogP contribution in [0.25, 0.3) is 0 Å². The number of ether oxygens (including phenoxy) is 1. The summed E-state index contributed by atoms with van der Waals surface area (Å²) in [7, 11) is -2.78. The van der Waals surface area contributed by atoms with Crippen molar-refractivity contribution >= 4 is 27.5 Å². The summed E-state index contributed by atoms with van der Waals surface area (Å²) < 4.78 is 31.2. The quantitative estimate of drug-likeness (QED) is 0.516. The van der Waals surface area contributed by atoms with E-state index < -0.39 is 21.8 Å². The number of anilines is 1. The maximum Gasteiger partial charge on any atom is 0.379 e. The van der Waals surface area contributed by atoms with E-state index in [0.717, 1.165) is 7.11 Å². The van der Waals surface area contributed by atoms with Crippen LogP contribution in [0.2, 0.25) is 0 Å². The van der Waals surface area contributed by atoms with Gasteiger partial charge >= 0.3 is 5.97 Å². The van der Waals surface area contributed by atoms with Gasteiger partial charge in [0, 0.05) is 0 Å². The van der Waals surface area contributed by atoms with Crippen molar-refractivity contribution in [2.24, 2.45) is 0 Å². The van der Waals surface area contributed by atoms with Crippen molar-refractivity contribution in [1.82, 2.24) is 0 Å². The highest BCUT2D eigenvalue weighted by atomic mass is 32.2. The number of para-hydroxylation sites is 1. The highest BCUT2D eigenvalue weighted by molar-refractivity contribution is 7.92. The second-order valence-corrected chi connectivity index (χ2v) is 5.97.